The normalized spacial score (nSPS) is 11.9. The molecule has 3 aromatic heterocycles. The van der Waals surface area contributed by atoms with Crippen molar-refractivity contribution in [3.8, 4) is 11.3 Å². The number of rotatable bonds is 6. The number of anilines is 2. The van der Waals surface area contributed by atoms with Gasteiger partial charge in [0.15, 0.2) is 0 Å². The van der Waals surface area contributed by atoms with Crippen molar-refractivity contribution in [3.05, 3.63) is 98.0 Å². The molecule has 0 saturated carbocycles. The van der Waals surface area contributed by atoms with Gasteiger partial charge in [-0.05, 0) is 58.7 Å². The zero-order valence-electron chi connectivity index (χ0n) is 17.3. The molecule has 0 aliphatic rings. The summed E-state index contributed by atoms with van der Waals surface area (Å²) >= 11 is 9.19. The highest BCUT2D eigenvalue weighted by Crippen LogP contribution is 2.26. The maximum absolute atomic E-state index is 13.9. The van der Waals surface area contributed by atoms with Crippen LogP contribution in [0, 0.1) is 12.7 Å². The average molecular weight is 531 g/mol. The number of nitrogens with zero attached hydrogens (tertiary/aromatic N) is 4. The van der Waals surface area contributed by atoms with E-state index in [2.05, 4.69) is 36.2 Å². The highest BCUT2D eigenvalue weighted by atomic mass is 79.9. The topological polar surface area (TPSA) is 92.9 Å². The number of aliphatic hydroxyl groups excluding tert-OH is 1. The molecule has 10 heteroatoms. The molecular weight excluding hydrogens is 513 g/mol. The Morgan fingerprint density at radius 3 is 2.76 bits per heavy atom. The summed E-state index contributed by atoms with van der Waals surface area (Å²) in [7, 11) is 0. The van der Waals surface area contributed by atoms with Crippen molar-refractivity contribution >= 4 is 39.2 Å². The van der Waals surface area contributed by atoms with Crippen LogP contribution < -0.4 is 10.9 Å². The first-order valence-corrected chi connectivity index (χ1v) is 11.0. The number of hydrogen-bond donors (Lipinski definition) is 2. The third-order valence-electron chi connectivity index (χ3n) is 4.98. The van der Waals surface area contributed by atoms with Crippen LogP contribution in [0.2, 0.25) is 5.02 Å². The van der Waals surface area contributed by atoms with Crippen LogP contribution in [-0.2, 0) is 0 Å². The Morgan fingerprint density at radius 1 is 1.21 bits per heavy atom. The van der Waals surface area contributed by atoms with Gasteiger partial charge in [0.05, 0.1) is 33.5 Å². The van der Waals surface area contributed by atoms with Gasteiger partial charge < -0.3 is 15.0 Å². The zero-order valence-corrected chi connectivity index (χ0v) is 19.7. The first-order valence-electron chi connectivity index (χ1n) is 9.86. The van der Waals surface area contributed by atoms with E-state index in [0.717, 1.165) is 15.9 Å². The van der Waals surface area contributed by atoms with Crippen molar-refractivity contribution in [3.63, 3.8) is 0 Å². The highest BCUT2D eigenvalue weighted by Gasteiger charge is 2.17. The Morgan fingerprint density at radius 2 is 2.03 bits per heavy atom. The lowest BCUT2D eigenvalue weighted by Gasteiger charge is -2.18. The van der Waals surface area contributed by atoms with E-state index in [-0.39, 0.29) is 17.2 Å². The van der Waals surface area contributed by atoms with Crippen LogP contribution in [0.3, 0.4) is 0 Å². The molecular formula is C23H18BrClFN5O2. The van der Waals surface area contributed by atoms with E-state index in [9.17, 15) is 14.3 Å². The van der Waals surface area contributed by atoms with E-state index in [1.807, 2.05) is 13.0 Å². The van der Waals surface area contributed by atoms with E-state index >= 15 is 0 Å². The summed E-state index contributed by atoms with van der Waals surface area (Å²) in [6.07, 6.45) is 4.82. The summed E-state index contributed by atoms with van der Waals surface area (Å²) in [5, 5.41) is 13.0. The zero-order chi connectivity index (χ0) is 23.5. The maximum atomic E-state index is 13.9. The van der Waals surface area contributed by atoms with Crippen molar-refractivity contribution < 1.29 is 9.50 Å². The summed E-state index contributed by atoms with van der Waals surface area (Å²) in [6, 6.07) is 10.1. The van der Waals surface area contributed by atoms with Gasteiger partial charge in [0, 0.05) is 35.9 Å². The molecule has 3 heterocycles. The van der Waals surface area contributed by atoms with Crippen molar-refractivity contribution in [2.24, 2.45) is 0 Å². The predicted octanol–water partition coefficient (Wildman–Crippen LogP) is 4.89. The minimum absolute atomic E-state index is 0.0275. The van der Waals surface area contributed by atoms with E-state index < -0.39 is 11.9 Å². The standard InChI is InChI=1S/C23H18BrClFN5O2/c1-13-8-20(16(24)11-28-13)30-23-27-6-4-19(29-23)14-5-7-31(22(33)10-14)21(12-32)15-2-3-17(25)18(26)9-15/h2-11,21,32H,12H2,1H3,(H,27,28,29,30). The lowest BCUT2D eigenvalue weighted by molar-refractivity contribution is 0.247. The fourth-order valence-electron chi connectivity index (χ4n) is 3.32. The monoisotopic (exact) mass is 529 g/mol. The summed E-state index contributed by atoms with van der Waals surface area (Å²) in [5.74, 6) is -0.262. The molecule has 0 radical (unpaired) electrons. The maximum Gasteiger partial charge on any atom is 0.251 e. The Hall–Kier alpha value is -3.14. The first kappa shape index (κ1) is 23.0. The van der Waals surface area contributed by atoms with Crippen molar-refractivity contribution in [2.45, 2.75) is 13.0 Å². The molecule has 4 aromatic rings. The largest absolute Gasteiger partial charge is 0.394 e. The van der Waals surface area contributed by atoms with Gasteiger partial charge in [-0.1, -0.05) is 17.7 Å². The Labute approximate surface area is 202 Å². The second-order valence-corrected chi connectivity index (χ2v) is 8.49. The van der Waals surface area contributed by atoms with Gasteiger partial charge in [-0.15, -0.1) is 0 Å². The average Bonchev–Trinajstić information content (AvgIpc) is 2.80. The first-order chi connectivity index (χ1) is 15.9. The Kier molecular flexibility index (Phi) is 6.83. The fraction of sp³-hybridized carbons (Fsp3) is 0.130. The molecule has 1 aromatic carbocycles. The van der Waals surface area contributed by atoms with Gasteiger partial charge in [0.1, 0.15) is 5.82 Å². The number of aliphatic hydroxyl groups is 1. The second-order valence-electron chi connectivity index (χ2n) is 7.23. The molecule has 0 bridgehead atoms. The molecule has 168 valence electrons. The number of benzene rings is 1. The van der Waals surface area contributed by atoms with E-state index in [1.54, 1.807) is 36.8 Å². The number of hydrogen-bond acceptors (Lipinski definition) is 6. The molecule has 1 atom stereocenters. The van der Waals surface area contributed by atoms with Gasteiger partial charge in [-0.2, -0.15) is 0 Å². The molecule has 0 aliphatic carbocycles. The number of pyridine rings is 2. The third kappa shape index (κ3) is 5.11. The molecule has 4 rings (SSSR count). The smallest absolute Gasteiger partial charge is 0.251 e. The van der Waals surface area contributed by atoms with Crippen molar-refractivity contribution in [1.82, 2.24) is 19.5 Å². The second kappa shape index (κ2) is 9.78. The van der Waals surface area contributed by atoms with Gasteiger partial charge in [0.25, 0.3) is 5.56 Å². The van der Waals surface area contributed by atoms with E-state index in [4.69, 9.17) is 11.6 Å². The molecule has 1 unspecified atom stereocenters. The molecule has 0 spiro atoms. The van der Waals surface area contributed by atoms with Crippen molar-refractivity contribution in [1.29, 1.82) is 0 Å². The van der Waals surface area contributed by atoms with E-state index in [0.29, 0.717) is 22.8 Å². The van der Waals surface area contributed by atoms with Crippen LogP contribution >= 0.6 is 27.5 Å². The van der Waals surface area contributed by atoms with Gasteiger partial charge in [-0.3, -0.25) is 9.78 Å². The summed E-state index contributed by atoms with van der Waals surface area (Å²) in [5.41, 5.74) is 2.77. The number of aromatic nitrogens is 4. The summed E-state index contributed by atoms with van der Waals surface area (Å²) < 4.78 is 16.0. The fourth-order valence-corrected chi connectivity index (χ4v) is 3.75. The Bertz CT molecular complexity index is 1380. The predicted molar refractivity (Wildman–Crippen MR) is 128 cm³/mol. The van der Waals surface area contributed by atoms with Gasteiger partial charge in [0.2, 0.25) is 5.95 Å². The van der Waals surface area contributed by atoms with Crippen LogP contribution in [0.4, 0.5) is 16.0 Å². The minimum atomic E-state index is -0.756. The van der Waals surface area contributed by atoms with Gasteiger partial charge >= 0.3 is 0 Å². The molecule has 33 heavy (non-hydrogen) atoms. The van der Waals surface area contributed by atoms with Crippen molar-refractivity contribution in [2.75, 3.05) is 11.9 Å². The highest BCUT2D eigenvalue weighted by molar-refractivity contribution is 9.10. The van der Waals surface area contributed by atoms with E-state index in [1.165, 1.54) is 22.8 Å². The van der Waals surface area contributed by atoms with Crippen LogP contribution in [0.5, 0.6) is 0 Å². The minimum Gasteiger partial charge on any atom is -0.394 e. The Balaban J connectivity index is 1.64. The molecule has 2 N–H and O–H groups in total. The number of halogens is 3. The van der Waals surface area contributed by atoms with Gasteiger partial charge in [-0.25, -0.2) is 14.4 Å². The number of nitrogens with one attached hydrogen (secondary N) is 1. The molecule has 0 saturated heterocycles. The third-order valence-corrected chi connectivity index (χ3v) is 5.91. The lowest BCUT2D eigenvalue weighted by atomic mass is 10.1. The van der Waals surface area contributed by atoms with Crippen LogP contribution in [-0.4, -0.2) is 31.2 Å². The quantitative estimate of drug-likeness (QED) is 0.369. The summed E-state index contributed by atoms with van der Waals surface area (Å²) in [4.78, 5) is 25.8. The molecule has 0 amide bonds. The molecule has 0 aliphatic heterocycles. The van der Waals surface area contributed by atoms with Crippen LogP contribution in [0.15, 0.2) is 70.3 Å². The SMILES string of the molecule is Cc1cc(Nc2nccc(-c3ccn(C(CO)c4ccc(Cl)c(F)c4)c(=O)c3)n2)c(Br)cn1. The van der Waals surface area contributed by atoms with Crippen LogP contribution in [0.25, 0.3) is 11.3 Å². The van der Waals surface area contributed by atoms with Crippen LogP contribution in [0.1, 0.15) is 17.3 Å². The summed E-state index contributed by atoms with van der Waals surface area (Å²) in [6.45, 7) is 1.49. The molecule has 7 nitrogen and oxygen atoms in total. The molecule has 0 fully saturated rings. The number of aryl methyl sites for hydroxylation is 1. The lowest BCUT2D eigenvalue weighted by Crippen LogP contribution is -2.27.